The van der Waals surface area contributed by atoms with Crippen LogP contribution in [0.5, 0.6) is 17.2 Å². The van der Waals surface area contributed by atoms with E-state index >= 15 is 0 Å². The minimum atomic E-state index is -0.945. The average Bonchev–Trinajstić information content (AvgIpc) is 3.14. The number of aliphatic hydroxyl groups excluding tert-OH is 1. The fourth-order valence-corrected chi connectivity index (χ4v) is 4.44. The first-order chi connectivity index (χ1) is 17.3. The van der Waals surface area contributed by atoms with Crippen molar-refractivity contribution in [1.29, 1.82) is 0 Å². The highest BCUT2D eigenvalue weighted by Crippen LogP contribution is 2.43. The van der Waals surface area contributed by atoms with Crippen LogP contribution in [-0.4, -0.2) is 35.6 Å². The summed E-state index contributed by atoms with van der Waals surface area (Å²) in [6.45, 7) is 6.41. The number of hydrogen-bond donors (Lipinski definition) is 2. The number of hydrogen-bond acceptors (Lipinski definition) is 6. The first kappa shape index (κ1) is 24.9. The number of aromatic hydroxyl groups is 1. The molecule has 0 saturated carbocycles. The standard InChI is InChI=1S/C29H29NO6/c1-5-36-24-14-9-19(16-23(24)17(2)3)27(32)25-26(18-7-6-8-21(31)15-18)30(29(34)28(25)33)20-10-12-22(35-4)13-11-20/h6-17,26,31-32H,5H2,1-4H3/b27-25-. The molecule has 2 N–H and O–H groups in total. The van der Waals surface area contributed by atoms with Gasteiger partial charge >= 0.3 is 0 Å². The van der Waals surface area contributed by atoms with Gasteiger partial charge in [-0.1, -0.05) is 26.0 Å². The molecule has 1 heterocycles. The summed E-state index contributed by atoms with van der Waals surface area (Å²) in [5.41, 5.74) is 2.17. The van der Waals surface area contributed by atoms with Gasteiger partial charge in [0.1, 0.15) is 23.0 Å². The van der Waals surface area contributed by atoms with Gasteiger partial charge in [-0.2, -0.15) is 0 Å². The zero-order chi connectivity index (χ0) is 26.0. The van der Waals surface area contributed by atoms with Gasteiger partial charge in [-0.05, 0) is 78.6 Å². The molecule has 7 heteroatoms. The molecule has 1 aliphatic heterocycles. The molecule has 3 aromatic carbocycles. The summed E-state index contributed by atoms with van der Waals surface area (Å²) in [5, 5.41) is 21.6. The van der Waals surface area contributed by atoms with E-state index in [1.807, 2.05) is 20.8 Å². The molecule has 1 amide bonds. The van der Waals surface area contributed by atoms with Crippen LogP contribution in [0.4, 0.5) is 5.69 Å². The third-order valence-corrected chi connectivity index (χ3v) is 6.19. The average molecular weight is 488 g/mol. The van der Waals surface area contributed by atoms with Crippen molar-refractivity contribution in [3.05, 3.63) is 89.0 Å². The van der Waals surface area contributed by atoms with E-state index in [1.165, 1.54) is 24.1 Å². The second kappa shape index (κ2) is 10.2. The van der Waals surface area contributed by atoms with Gasteiger partial charge in [0.25, 0.3) is 11.7 Å². The minimum absolute atomic E-state index is 0.0176. The Kier molecular flexibility index (Phi) is 7.01. The monoisotopic (exact) mass is 487 g/mol. The van der Waals surface area contributed by atoms with Crippen LogP contribution in [0.2, 0.25) is 0 Å². The van der Waals surface area contributed by atoms with E-state index in [2.05, 4.69) is 0 Å². The SMILES string of the molecule is CCOc1ccc(/C(O)=C2/C(=O)C(=O)N(c3ccc(OC)cc3)C2c2cccc(O)c2)cc1C(C)C. The van der Waals surface area contributed by atoms with Gasteiger partial charge in [0.15, 0.2) is 0 Å². The molecule has 7 nitrogen and oxygen atoms in total. The van der Waals surface area contributed by atoms with Gasteiger partial charge in [-0.15, -0.1) is 0 Å². The number of aliphatic hydroxyl groups is 1. The Morgan fingerprint density at radius 3 is 2.36 bits per heavy atom. The molecule has 0 aliphatic carbocycles. The van der Waals surface area contributed by atoms with E-state index in [-0.39, 0.29) is 23.0 Å². The Labute approximate surface area is 210 Å². The number of phenols is 1. The first-order valence-corrected chi connectivity index (χ1v) is 11.8. The van der Waals surface area contributed by atoms with Crippen LogP contribution in [0.25, 0.3) is 5.76 Å². The fourth-order valence-electron chi connectivity index (χ4n) is 4.44. The predicted octanol–water partition coefficient (Wildman–Crippen LogP) is 5.55. The molecular formula is C29H29NO6. The fraction of sp³-hybridized carbons (Fsp3) is 0.241. The second-order valence-corrected chi connectivity index (χ2v) is 8.80. The Bertz CT molecular complexity index is 1330. The van der Waals surface area contributed by atoms with E-state index in [0.29, 0.717) is 34.9 Å². The van der Waals surface area contributed by atoms with Crippen molar-refractivity contribution < 1.29 is 29.3 Å². The van der Waals surface area contributed by atoms with Crippen molar-refractivity contribution in [2.75, 3.05) is 18.6 Å². The molecule has 1 atom stereocenters. The van der Waals surface area contributed by atoms with Gasteiger partial charge in [0.05, 0.1) is 25.3 Å². The van der Waals surface area contributed by atoms with Crippen LogP contribution >= 0.6 is 0 Å². The minimum Gasteiger partial charge on any atom is -0.508 e. The maximum atomic E-state index is 13.4. The van der Waals surface area contributed by atoms with Gasteiger partial charge in [-0.3, -0.25) is 14.5 Å². The molecule has 1 aliphatic rings. The van der Waals surface area contributed by atoms with Crippen LogP contribution in [0.1, 0.15) is 49.4 Å². The normalized spacial score (nSPS) is 17.0. The maximum absolute atomic E-state index is 13.4. The highest BCUT2D eigenvalue weighted by Gasteiger charge is 2.47. The smallest absolute Gasteiger partial charge is 0.300 e. The van der Waals surface area contributed by atoms with Crippen LogP contribution in [0.15, 0.2) is 72.3 Å². The topological polar surface area (TPSA) is 96.3 Å². The molecule has 4 rings (SSSR count). The summed E-state index contributed by atoms with van der Waals surface area (Å²) in [6.07, 6.45) is 0. The van der Waals surface area contributed by atoms with E-state index in [1.54, 1.807) is 54.6 Å². The number of Topliss-reactive ketones (excluding diaryl/α,β-unsaturated/α-hetero) is 1. The molecule has 36 heavy (non-hydrogen) atoms. The zero-order valence-electron chi connectivity index (χ0n) is 20.7. The second-order valence-electron chi connectivity index (χ2n) is 8.80. The molecule has 186 valence electrons. The molecule has 0 spiro atoms. The molecule has 0 radical (unpaired) electrons. The summed E-state index contributed by atoms with van der Waals surface area (Å²) in [7, 11) is 1.54. The first-order valence-electron chi connectivity index (χ1n) is 11.8. The molecule has 0 aromatic heterocycles. The summed E-state index contributed by atoms with van der Waals surface area (Å²) in [6, 6.07) is 17.3. The van der Waals surface area contributed by atoms with Crippen LogP contribution in [-0.2, 0) is 9.59 Å². The van der Waals surface area contributed by atoms with Gasteiger partial charge in [-0.25, -0.2) is 0 Å². The molecule has 1 fully saturated rings. The van der Waals surface area contributed by atoms with Crippen LogP contribution in [0, 0.1) is 0 Å². The lowest BCUT2D eigenvalue weighted by Gasteiger charge is -2.25. The molecule has 3 aromatic rings. The number of benzene rings is 3. The summed E-state index contributed by atoms with van der Waals surface area (Å²) >= 11 is 0. The van der Waals surface area contributed by atoms with Crippen molar-refractivity contribution in [1.82, 2.24) is 0 Å². The van der Waals surface area contributed by atoms with Crippen molar-refractivity contribution in [3.63, 3.8) is 0 Å². The predicted molar refractivity (Wildman–Crippen MR) is 138 cm³/mol. The Balaban J connectivity index is 1.92. The van der Waals surface area contributed by atoms with Crippen molar-refractivity contribution >= 4 is 23.1 Å². The number of rotatable bonds is 7. The highest BCUT2D eigenvalue weighted by molar-refractivity contribution is 6.51. The number of carbonyl (C=O) groups excluding carboxylic acids is 2. The third kappa shape index (κ3) is 4.52. The van der Waals surface area contributed by atoms with Gasteiger partial charge in [0, 0.05) is 11.3 Å². The molecule has 0 bridgehead atoms. The largest absolute Gasteiger partial charge is 0.508 e. The van der Waals surface area contributed by atoms with E-state index in [9.17, 15) is 19.8 Å². The Hall–Kier alpha value is -4.26. The van der Waals surface area contributed by atoms with Crippen LogP contribution < -0.4 is 14.4 Å². The van der Waals surface area contributed by atoms with E-state index < -0.39 is 17.7 Å². The van der Waals surface area contributed by atoms with E-state index in [4.69, 9.17) is 9.47 Å². The van der Waals surface area contributed by atoms with Crippen molar-refractivity contribution in [3.8, 4) is 17.2 Å². The molecular weight excluding hydrogens is 458 g/mol. The number of phenolic OH excluding ortho intramolecular Hbond substituents is 1. The summed E-state index contributed by atoms with van der Waals surface area (Å²) in [5.74, 6) is -0.490. The number of ketones is 1. The van der Waals surface area contributed by atoms with Crippen LogP contribution in [0.3, 0.4) is 0 Å². The lowest BCUT2D eigenvalue weighted by molar-refractivity contribution is -0.132. The number of ether oxygens (including phenoxy) is 2. The molecule has 1 saturated heterocycles. The Morgan fingerprint density at radius 1 is 1.03 bits per heavy atom. The number of nitrogens with zero attached hydrogens (tertiary/aromatic N) is 1. The zero-order valence-corrected chi connectivity index (χ0v) is 20.7. The molecule has 1 unspecified atom stereocenters. The van der Waals surface area contributed by atoms with Crippen molar-refractivity contribution in [2.45, 2.75) is 32.7 Å². The summed E-state index contributed by atoms with van der Waals surface area (Å²) < 4.78 is 10.9. The third-order valence-electron chi connectivity index (χ3n) is 6.19. The van der Waals surface area contributed by atoms with Gasteiger partial charge in [0.2, 0.25) is 0 Å². The number of anilines is 1. The quantitative estimate of drug-likeness (QED) is 0.258. The lowest BCUT2D eigenvalue weighted by atomic mass is 9.93. The number of carbonyl (C=O) groups is 2. The highest BCUT2D eigenvalue weighted by atomic mass is 16.5. The maximum Gasteiger partial charge on any atom is 0.300 e. The van der Waals surface area contributed by atoms with Crippen molar-refractivity contribution in [2.24, 2.45) is 0 Å². The number of methoxy groups -OCH3 is 1. The Morgan fingerprint density at radius 2 is 1.75 bits per heavy atom. The number of amides is 1. The summed E-state index contributed by atoms with van der Waals surface area (Å²) in [4.78, 5) is 28.0. The van der Waals surface area contributed by atoms with Gasteiger partial charge < -0.3 is 19.7 Å². The van der Waals surface area contributed by atoms with E-state index in [0.717, 1.165) is 5.56 Å². The lowest BCUT2D eigenvalue weighted by Crippen LogP contribution is -2.29.